The molecule has 1 amide bonds. The van der Waals surface area contributed by atoms with Crippen LogP contribution in [0.3, 0.4) is 0 Å². The lowest BCUT2D eigenvalue weighted by atomic mass is 10.3. The number of nitrogens with zero attached hydrogens (tertiary/aromatic N) is 1. The van der Waals surface area contributed by atoms with Crippen molar-refractivity contribution in [1.29, 1.82) is 0 Å². The van der Waals surface area contributed by atoms with Gasteiger partial charge in [0, 0.05) is 25.2 Å². The quantitative estimate of drug-likeness (QED) is 0.580. The number of likely N-dealkylation sites (tertiary alicyclic amines) is 1. The Morgan fingerprint density at radius 2 is 2.25 bits per heavy atom. The van der Waals surface area contributed by atoms with Gasteiger partial charge in [-0.2, -0.15) is 0 Å². The van der Waals surface area contributed by atoms with Crippen LogP contribution in [0, 0.1) is 0 Å². The van der Waals surface area contributed by atoms with Crippen LogP contribution in [0.5, 0.6) is 0 Å². The van der Waals surface area contributed by atoms with Crippen LogP contribution >= 0.6 is 0 Å². The van der Waals surface area contributed by atoms with Gasteiger partial charge in [-0.1, -0.05) is 5.57 Å². The Labute approximate surface area is 73.2 Å². The number of hydrogen-bond acceptors (Lipinski definition) is 2. The highest BCUT2D eigenvalue weighted by Gasteiger charge is 2.21. The van der Waals surface area contributed by atoms with Gasteiger partial charge in [0.2, 0.25) is 5.91 Å². The molecule has 1 aliphatic heterocycles. The molecule has 1 fully saturated rings. The fraction of sp³-hybridized carbons (Fsp3) is 0.667. The van der Waals surface area contributed by atoms with Crippen molar-refractivity contribution in [2.24, 2.45) is 5.73 Å². The summed E-state index contributed by atoms with van der Waals surface area (Å²) in [5.74, 6) is 0.1000. The highest BCUT2D eigenvalue weighted by atomic mass is 16.2. The van der Waals surface area contributed by atoms with E-state index < -0.39 is 0 Å². The summed E-state index contributed by atoms with van der Waals surface area (Å²) in [6.07, 6.45) is 2.60. The molecule has 0 bridgehead atoms. The van der Waals surface area contributed by atoms with E-state index in [1.165, 1.54) is 0 Å². The van der Waals surface area contributed by atoms with Crippen LogP contribution < -0.4 is 5.73 Å². The maximum Gasteiger partial charge on any atom is 0.246 e. The van der Waals surface area contributed by atoms with E-state index in [4.69, 9.17) is 5.73 Å². The lowest BCUT2D eigenvalue weighted by Crippen LogP contribution is -2.30. The van der Waals surface area contributed by atoms with Crippen molar-refractivity contribution in [1.82, 2.24) is 4.90 Å². The Morgan fingerprint density at radius 3 is 2.67 bits per heavy atom. The Kier molecular flexibility index (Phi) is 2.87. The normalized spacial score (nSPS) is 22.6. The third-order valence-corrected chi connectivity index (χ3v) is 1.95. The van der Waals surface area contributed by atoms with E-state index >= 15 is 0 Å². The minimum atomic E-state index is 0.1000. The van der Waals surface area contributed by atoms with Crippen LogP contribution in [-0.2, 0) is 4.79 Å². The van der Waals surface area contributed by atoms with Crippen molar-refractivity contribution >= 4 is 5.91 Å². The van der Waals surface area contributed by atoms with Gasteiger partial charge in [0.15, 0.2) is 0 Å². The largest absolute Gasteiger partial charge is 0.338 e. The van der Waals surface area contributed by atoms with Crippen molar-refractivity contribution in [2.45, 2.75) is 26.3 Å². The minimum absolute atomic E-state index is 0.1000. The lowest BCUT2D eigenvalue weighted by molar-refractivity contribution is -0.125. The molecule has 0 aromatic carbocycles. The van der Waals surface area contributed by atoms with E-state index in [2.05, 4.69) is 0 Å². The molecule has 1 heterocycles. The summed E-state index contributed by atoms with van der Waals surface area (Å²) in [5, 5.41) is 0. The number of nitrogens with two attached hydrogens (primary N) is 1. The Hall–Kier alpha value is -0.830. The number of rotatable bonds is 1. The summed E-state index contributed by atoms with van der Waals surface area (Å²) < 4.78 is 0. The molecule has 0 spiro atoms. The Morgan fingerprint density at radius 1 is 1.58 bits per heavy atom. The molecule has 1 rings (SSSR count). The van der Waals surface area contributed by atoms with Gasteiger partial charge in [0.05, 0.1) is 0 Å². The topological polar surface area (TPSA) is 46.3 Å². The molecule has 1 saturated heterocycles. The zero-order valence-electron chi connectivity index (χ0n) is 7.71. The summed E-state index contributed by atoms with van der Waals surface area (Å²) >= 11 is 0. The Bertz CT molecular complexity index is 207. The van der Waals surface area contributed by atoms with Crippen LogP contribution in [0.1, 0.15) is 20.3 Å². The number of carbonyl (C=O) groups is 1. The molecule has 0 saturated carbocycles. The first kappa shape index (κ1) is 9.26. The molecular formula is C9H16N2O. The predicted molar refractivity (Wildman–Crippen MR) is 48.6 cm³/mol. The van der Waals surface area contributed by atoms with Crippen LogP contribution in [0.25, 0.3) is 0 Å². The van der Waals surface area contributed by atoms with Gasteiger partial charge in [-0.15, -0.1) is 0 Å². The first-order chi connectivity index (χ1) is 5.59. The molecule has 0 radical (unpaired) electrons. The zero-order chi connectivity index (χ0) is 9.14. The van der Waals surface area contributed by atoms with E-state index in [0.29, 0.717) is 6.54 Å². The van der Waals surface area contributed by atoms with Gasteiger partial charge in [-0.05, 0) is 20.3 Å². The van der Waals surface area contributed by atoms with Gasteiger partial charge < -0.3 is 10.6 Å². The van der Waals surface area contributed by atoms with Gasteiger partial charge in [0.25, 0.3) is 0 Å². The molecule has 2 N–H and O–H groups in total. The van der Waals surface area contributed by atoms with Crippen LogP contribution in [0.4, 0.5) is 0 Å². The zero-order valence-corrected chi connectivity index (χ0v) is 7.71. The smallest absolute Gasteiger partial charge is 0.246 e. The summed E-state index contributed by atoms with van der Waals surface area (Å²) in [6, 6.07) is 0.180. The van der Waals surface area contributed by atoms with Gasteiger partial charge >= 0.3 is 0 Å². The molecule has 0 unspecified atom stereocenters. The van der Waals surface area contributed by atoms with E-state index in [1.807, 2.05) is 13.8 Å². The summed E-state index contributed by atoms with van der Waals surface area (Å²) in [4.78, 5) is 13.2. The molecular weight excluding hydrogens is 152 g/mol. The fourth-order valence-electron chi connectivity index (χ4n) is 1.33. The molecule has 0 aromatic rings. The summed E-state index contributed by atoms with van der Waals surface area (Å²) in [5.41, 5.74) is 6.72. The van der Waals surface area contributed by atoms with Crippen molar-refractivity contribution in [3.63, 3.8) is 0 Å². The lowest BCUT2D eigenvalue weighted by Gasteiger charge is -2.12. The molecule has 3 nitrogen and oxygen atoms in total. The second-order valence-electron chi connectivity index (χ2n) is 3.55. The third kappa shape index (κ3) is 2.34. The minimum Gasteiger partial charge on any atom is -0.338 e. The predicted octanol–water partition coefficient (Wildman–Crippen LogP) is 0.512. The number of hydrogen-bond donors (Lipinski definition) is 1. The average molecular weight is 168 g/mol. The van der Waals surface area contributed by atoms with Crippen molar-refractivity contribution in [3.05, 3.63) is 11.6 Å². The summed E-state index contributed by atoms with van der Waals surface area (Å²) in [6.45, 7) is 5.37. The highest BCUT2D eigenvalue weighted by Crippen LogP contribution is 2.07. The van der Waals surface area contributed by atoms with E-state index in [-0.39, 0.29) is 11.9 Å². The summed E-state index contributed by atoms with van der Waals surface area (Å²) in [7, 11) is 0. The second-order valence-corrected chi connectivity index (χ2v) is 3.55. The molecule has 1 aliphatic rings. The Balaban J connectivity index is 2.49. The van der Waals surface area contributed by atoms with Crippen LogP contribution in [-0.4, -0.2) is 29.9 Å². The molecule has 0 aliphatic carbocycles. The maximum absolute atomic E-state index is 11.4. The van der Waals surface area contributed by atoms with Crippen LogP contribution in [0.2, 0.25) is 0 Å². The molecule has 68 valence electrons. The van der Waals surface area contributed by atoms with Gasteiger partial charge in [-0.25, -0.2) is 0 Å². The highest BCUT2D eigenvalue weighted by molar-refractivity contribution is 5.88. The fourth-order valence-corrected chi connectivity index (χ4v) is 1.33. The molecule has 0 aromatic heterocycles. The van der Waals surface area contributed by atoms with E-state index in [9.17, 15) is 4.79 Å². The molecule has 3 heteroatoms. The first-order valence-electron chi connectivity index (χ1n) is 4.29. The van der Waals surface area contributed by atoms with Crippen LogP contribution in [0.15, 0.2) is 11.6 Å². The number of carbonyl (C=O) groups excluding carboxylic acids is 1. The monoisotopic (exact) mass is 168 g/mol. The molecule has 1 atom stereocenters. The molecule has 12 heavy (non-hydrogen) atoms. The van der Waals surface area contributed by atoms with E-state index in [1.54, 1.807) is 11.0 Å². The second kappa shape index (κ2) is 3.72. The van der Waals surface area contributed by atoms with Gasteiger partial charge in [0.1, 0.15) is 0 Å². The first-order valence-corrected chi connectivity index (χ1v) is 4.29. The maximum atomic E-state index is 11.4. The van der Waals surface area contributed by atoms with Gasteiger partial charge in [-0.3, -0.25) is 4.79 Å². The van der Waals surface area contributed by atoms with Crippen molar-refractivity contribution < 1.29 is 4.79 Å². The SMILES string of the molecule is CC(C)=CC(=O)N1CC[C@H](N)C1. The standard InChI is InChI=1S/C9H16N2O/c1-7(2)5-9(12)11-4-3-8(10)6-11/h5,8H,3-4,6,10H2,1-2H3/t8-/m0/s1. The van der Waals surface area contributed by atoms with E-state index in [0.717, 1.165) is 18.5 Å². The number of allylic oxidation sites excluding steroid dienone is 1. The van der Waals surface area contributed by atoms with Crippen molar-refractivity contribution in [2.75, 3.05) is 13.1 Å². The average Bonchev–Trinajstić information content (AvgIpc) is 2.34. The number of amides is 1. The third-order valence-electron chi connectivity index (χ3n) is 1.95. The van der Waals surface area contributed by atoms with Crippen molar-refractivity contribution in [3.8, 4) is 0 Å².